The van der Waals surface area contributed by atoms with E-state index in [4.69, 9.17) is 9.47 Å². The molecule has 0 bridgehead atoms. The zero-order valence-electron chi connectivity index (χ0n) is 15.7. The number of nitrogens with one attached hydrogen (secondary N) is 1. The Morgan fingerprint density at radius 2 is 2.07 bits per heavy atom. The van der Waals surface area contributed by atoms with Gasteiger partial charge in [-0.25, -0.2) is 4.98 Å². The predicted molar refractivity (Wildman–Crippen MR) is 107 cm³/mol. The number of pyridine rings is 1. The molecule has 3 rings (SSSR count). The number of hydrogen-bond donors (Lipinski definition) is 1. The van der Waals surface area contributed by atoms with Gasteiger partial charge in [-0.05, 0) is 49.8 Å². The number of carbonyl (C=O) groups is 1. The van der Waals surface area contributed by atoms with E-state index in [1.54, 1.807) is 12.3 Å². The van der Waals surface area contributed by atoms with Crippen LogP contribution >= 0.6 is 0 Å². The van der Waals surface area contributed by atoms with Crippen molar-refractivity contribution in [1.29, 1.82) is 0 Å². The van der Waals surface area contributed by atoms with Crippen LogP contribution in [0.4, 0.5) is 11.5 Å². The molecule has 0 atom stereocenters. The molecule has 6 nitrogen and oxygen atoms in total. The van der Waals surface area contributed by atoms with Gasteiger partial charge in [0.05, 0.1) is 31.2 Å². The van der Waals surface area contributed by atoms with Crippen molar-refractivity contribution >= 4 is 23.5 Å². The highest BCUT2D eigenvalue weighted by atomic mass is 16.5. The molecule has 1 amide bonds. The zero-order valence-corrected chi connectivity index (χ0v) is 15.7. The minimum absolute atomic E-state index is 0.112. The monoisotopic (exact) mass is 367 g/mol. The van der Waals surface area contributed by atoms with Crippen LogP contribution in [0.25, 0.3) is 6.08 Å². The van der Waals surface area contributed by atoms with Crippen molar-refractivity contribution in [1.82, 2.24) is 4.98 Å². The molecular weight excluding hydrogens is 342 g/mol. The fraction of sp³-hybridized carbons (Fsp3) is 0.333. The number of anilines is 2. The Morgan fingerprint density at radius 1 is 1.26 bits per heavy atom. The number of aromatic nitrogens is 1. The molecule has 1 saturated heterocycles. The van der Waals surface area contributed by atoms with Crippen molar-refractivity contribution < 1.29 is 14.3 Å². The van der Waals surface area contributed by atoms with E-state index in [1.807, 2.05) is 50.2 Å². The average molecular weight is 367 g/mol. The molecule has 1 aliphatic heterocycles. The van der Waals surface area contributed by atoms with Crippen LogP contribution in [-0.4, -0.2) is 43.3 Å². The first-order valence-electron chi connectivity index (χ1n) is 9.15. The molecule has 1 aromatic carbocycles. The second-order valence-corrected chi connectivity index (χ2v) is 6.57. The zero-order chi connectivity index (χ0) is 19.1. The summed E-state index contributed by atoms with van der Waals surface area (Å²) in [6.45, 7) is 7.06. The first-order chi connectivity index (χ1) is 13.1. The van der Waals surface area contributed by atoms with Crippen LogP contribution in [-0.2, 0) is 9.53 Å². The third-order valence-corrected chi connectivity index (χ3v) is 4.01. The van der Waals surface area contributed by atoms with Crippen LogP contribution in [0.2, 0.25) is 0 Å². The van der Waals surface area contributed by atoms with E-state index in [0.29, 0.717) is 18.9 Å². The molecule has 0 aliphatic carbocycles. The molecule has 6 heteroatoms. The van der Waals surface area contributed by atoms with E-state index >= 15 is 0 Å². The Morgan fingerprint density at radius 3 is 2.78 bits per heavy atom. The Kier molecular flexibility index (Phi) is 6.44. The fourth-order valence-corrected chi connectivity index (χ4v) is 2.76. The molecule has 0 unspecified atom stereocenters. The number of ether oxygens (including phenoxy) is 2. The average Bonchev–Trinajstić information content (AvgIpc) is 2.67. The van der Waals surface area contributed by atoms with Gasteiger partial charge in [-0.2, -0.15) is 0 Å². The molecule has 1 aliphatic rings. The first kappa shape index (κ1) is 18.9. The number of benzene rings is 1. The number of nitrogens with zero attached hydrogens (tertiary/aromatic N) is 2. The van der Waals surface area contributed by atoms with Crippen LogP contribution in [0, 0.1) is 0 Å². The van der Waals surface area contributed by atoms with Crippen LogP contribution in [0.1, 0.15) is 19.4 Å². The highest BCUT2D eigenvalue weighted by Crippen LogP contribution is 2.17. The lowest BCUT2D eigenvalue weighted by atomic mass is 10.2. The maximum absolute atomic E-state index is 12.2. The van der Waals surface area contributed by atoms with Crippen LogP contribution < -0.4 is 15.0 Å². The number of amides is 1. The number of hydrogen-bond acceptors (Lipinski definition) is 5. The second kappa shape index (κ2) is 9.19. The summed E-state index contributed by atoms with van der Waals surface area (Å²) >= 11 is 0. The predicted octanol–water partition coefficient (Wildman–Crippen LogP) is 3.36. The summed E-state index contributed by atoms with van der Waals surface area (Å²) in [5.41, 5.74) is 1.57. The normalized spacial score (nSPS) is 14.6. The lowest BCUT2D eigenvalue weighted by Crippen LogP contribution is -2.36. The molecule has 0 spiro atoms. The quantitative estimate of drug-likeness (QED) is 0.793. The standard InChI is InChI=1S/C21H25N3O3/c1-16(2)27-19-5-3-4-17(14-19)6-9-21(25)23-18-7-8-20(22-15-18)24-10-12-26-13-11-24/h3-9,14-16H,10-13H2,1-2H3,(H,23,25)/b9-6+. The molecular formula is C21H25N3O3. The maximum atomic E-state index is 12.2. The largest absolute Gasteiger partial charge is 0.491 e. The van der Waals surface area contributed by atoms with Gasteiger partial charge in [-0.3, -0.25) is 4.79 Å². The fourth-order valence-electron chi connectivity index (χ4n) is 2.76. The lowest BCUT2D eigenvalue weighted by molar-refractivity contribution is -0.111. The summed E-state index contributed by atoms with van der Waals surface area (Å²) in [6.07, 6.45) is 5.05. The Hall–Kier alpha value is -2.86. The van der Waals surface area contributed by atoms with Crippen molar-refractivity contribution in [3.05, 3.63) is 54.2 Å². The lowest BCUT2D eigenvalue weighted by Gasteiger charge is -2.27. The van der Waals surface area contributed by atoms with Crippen LogP contribution in [0.5, 0.6) is 5.75 Å². The van der Waals surface area contributed by atoms with E-state index in [0.717, 1.165) is 30.2 Å². The van der Waals surface area contributed by atoms with Gasteiger partial charge in [0.25, 0.3) is 0 Å². The van der Waals surface area contributed by atoms with E-state index < -0.39 is 0 Å². The summed E-state index contributed by atoms with van der Waals surface area (Å²) in [5.74, 6) is 1.48. The SMILES string of the molecule is CC(C)Oc1cccc(/C=C/C(=O)Nc2ccc(N3CCOCC3)nc2)c1. The summed E-state index contributed by atoms with van der Waals surface area (Å²) in [6, 6.07) is 11.4. The van der Waals surface area contributed by atoms with Crippen molar-refractivity contribution in [2.24, 2.45) is 0 Å². The minimum Gasteiger partial charge on any atom is -0.491 e. The van der Waals surface area contributed by atoms with Crippen LogP contribution in [0.3, 0.4) is 0 Å². The highest BCUT2D eigenvalue weighted by molar-refractivity contribution is 6.01. The van der Waals surface area contributed by atoms with Gasteiger partial charge in [0.1, 0.15) is 11.6 Å². The van der Waals surface area contributed by atoms with Gasteiger partial charge in [-0.15, -0.1) is 0 Å². The van der Waals surface area contributed by atoms with Gasteiger partial charge in [0.2, 0.25) is 5.91 Å². The molecule has 27 heavy (non-hydrogen) atoms. The Bertz CT molecular complexity index is 782. The van der Waals surface area contributed by atoms with Gasteiger partial charge in [0.15, 0.2) is 0 Å². The molecule has 1 N–H and O–H groups in total. The molecule has 142 valence electrons. The Labute approximate surface area is 159 Å². The maximum Gasteiger partial charge on any atom is 0.248 e. The highest BCUT2D eigenvalue weighted by Gasteiger charge is 2.12. The topological polar surface area (TPSA) is 63.7 Å². The first-order valence-corrected chi connectivity index (χ1v) is 9.15. The van der Waals surface area contributed by atoms with E-state index in [-0.39, 0.29) is 12.0 Å². The van der Waals surface area contributed by atoms with Gasteiger partial charge in [-0.1, -0.05) is 12.1 Å². The molecule has 2 aromatic rings. The van der Waals surface area contributed by atoms with E-state index in [9.17, 15) is 4.79 Å². The van der Waals surface area contributed by atoms with E-state index in [2.05, 4.69) is 15.2 Å². The molecule has 0 radical (unpaired) electrons. The minimum atomic E-state index is -0.203. The summed E-state index contributed by atoms with van der Waals surface area (Å²) in [4.78, 5) is 18.7. The van der Waals surface area contributed by atoms with Crippen molar-refractivity contribution in [3.8, 4) is 5.75 Å². The van der Waals surface area contributed by atoms with Gasteiger partial charge >= 0.3 is 0 Å². The van der Waals surface area contributed by atoms with Crippen molar-refractivity contribution in [2.45, 2.75) is 20.0 Å². The third kappa shape index (κ3) is 5.82. The molecule has 0 saturated carbocycles. The van der Waals surface area contributed by atoms with Crippen LogP contribution in [0.15, 0.2) is 48.7 Å². The van der Waals surface area contributed by atoms with Crippen molar-refractivity contribution in [3.63, 3.8) is 0 Å². The number of morpholine rings is 1. The van der Waals surface area contributed by atoms with Crippen molar-refractivity contribution in [2.75, 3.05) is 36.5 Å². The second-order valence-electron chi connectivity index (χ2n) is 6.57. The van der Waals surface area contributed by atoms with Gasteiger partial charge in [0, 0.05) is 19.2 Å². The summed E-state index contributed by atoms with van der Waals surface area (Å²) in [5, 5.41) is 2.83. The smallest absolute Gasteiger partial charge is 0.248 e. The Balaban J connectivity index is 1.56. The summed E-state index contributed by atoms with van der Waals surface area (Å²) < 4.78 is 11.0. The molecule has 2 heterocycles. The summed E-state index contributed by atoms with van der Waals surface area (Å²) in [7, 11) is 0. The van der Waals surface area contributed by atoms with E-state index in [1.165, 1.54) is 6.08 Å². The van der Waals surface area contributed by atoms with Gasteiger partial charge < -0.3 is 19.7 Å². The number of rotatable bonds is 6. The number of carbonyl (C=O) groups excluding carboxylic acids is 1. The molecule has 1 aromatic heterocycles. The third-order valence-electron chi connectivity index (χ3n) is 4.01. The molecule has 1 fully saturated rings.